The third kappa shape index (κ3) is 5.50. The van der Waals surface area contributed by atoms with Gasteiger partial charge >= 0.3 is 0 Å². The topological polar surface area (TPSA) is 47.0 Å². The van der Waals surface area contributed by atoms with Gasteiger partial charge in [0.25, 0.3) is 0 Å². The second-order valence-electron chi connectivity index (χ2n) is 4.43. The summed E-state index contributed by atoms with van der Waals surface area (Å²) >= 11 is 11.8. The molecule has 0 amide bonds. The molecule has 1 heterocycles. The Hall–Kier alpha value is -1.36. The van der Waals surface area contributed by atoms with E-state index in [4.69, 9.17) is 27.9 Å². The molecule has 0 saturated carbocycles. The molecule has 0 fully saturated rings. The summed E-state index contributed by atoms with van der Waals surface area (Å²) in [6.07, 6.45) is 0.875. The van der Waals surface area contributed by atoms with Crippen molar-refractivity contribution < 1.29 is 4.74 Å². The van der Waals surface area contributed by atoms with Gasteiger partial charge in [0.15, 0.2) is 5.82 Å². The first-order valence-electron chi connectivity index (χ1n) is 6.77. The molecule has 0 aliphatic heterocycles. The number of anilines is 1. The molecule has 2 aromatic rings. The van der Waals surface area contributed by atoms with Gasteiger partial charge in [-0.2, -0.15) is 0 Å². The second kappa shape index (κ2) is 8.17. The number of aromatic nitrogens is 2. The van der Waals surface area contributed by atoms with Crippen molar-refractivity contribution in [3.05, 3.63) is 51.9 Å². The Balaban J connectivity index is 1.90. The van der Waals surface area contributed by atoms with Crippen LogP contribution in [0.2, 0.25) is 10.2 Å². The first kappa shape index (κ1) is 16.0. The van der Waals surface area contributed by atoms with E-state index in [1.807, 2.05) is 31.2 Å². The molecule has 1 aromatic carbocycles. The van der Waals surface area contributed by atoms with Gasteiger partial charge in [-0.15, -0.1) is 0 Å². The van der Waals surface area contributed by atoms with Crippen molar-refractivity contribution in [2.75, 3.05) is 18.5 Å². The van der Waals surface area contributed by atoms with Crippen molar-refractivity contribution in [2.45, 2.75) is 20.0 Å². The smallest absolute Gasteiger partial charge is 0.158 e. The standard InChI is InChI=1S/C15H17Cl2N3O/c1-2-21-10-15-19-13(17)9-14(20-15)18-8-7-11-3-5-12(16)6-4-11/h3-6,9H,2,7-8,10H2,1H3,(H,18,19,20). The fraction of sp³-hybridized carbons (Fsp3) is 0.333. The number of ether oxygens (including phenoxy) is 1. The predicted molar refractivity (Wildman–Crippen MR) is 86.0 cm³/mol. The highest BCUT2D eigenvalue weighted by Crippen LogP contribution is 2.13. The van der Waals surface area contributed by atoms with Crippen LogP contribution in [-0.4, -0.2) is 23.1 Å². The molecule has 0 bridgehead atoms. The molecule has 0 aliphatic rings. The van der Waals surface area contributed by atoms with Gasteiger partial charge in [0.1, 0.15) is 17.6 Å². The molecule has 1 aromatic heterocycles. The summed E-state index contributed by atoms with van der Waals surface area (Å²) in [5.41, 5.74) is 1.21. The minimum Gasteiger partial charge on any atom is -0.374 e. The molecule has 0 radical (unpaired) electrons. The van der Waals surface area contributed by atoms with Crippen LogP contribution >= 0.6 is 23.2 Å². The van der Waals surface area contributed by atoms with Crippen molar-refractivity contribution in [2.24, 2.45) is 0 Å². The number of rotatable bonds is 7. The van der Waals surface area contributed by atoms with E-state index < -0.39 is 0 Å². The molecule has 0 atom stereocenters. The van der Waals surface area contributed by atoms with Crippen LogP contribution in [0.5, 0.6) is 0 Å². The van der Waals surface area contributed by atoms with E-state index in [0.717, 1.165) is 18.0 Å². The molecule has 0 aliphatic carbocycles. The third-order valence-corrected chi connectivity index (χ3v) is 3.26. The van der Waals surface area contributed by atoms with Crippen molar-refractivity contribution in [3.8, 4) is 0 Å². The van der Waals surface area contributed by atoms with Crippen LogP contribution in [0.25, 0.3) is 0 Å². The fourth-order valence-corrected chi connectivity index (χ4v) is 2.13. The van der Waals surface area contributed by atoms with Crippen LogP contribution in [0.3, 0.4) is 0 Å². The monoisotopic (exact) mass is 325 g/mol. The average molecular weight is 326 g/mol. The summed E-state index contributed by atoms with van der Waals surface area (Å²) in [4.78, 5) is 8.49. The van der Waals surface area contributed by atoms with Gasteiger partial charge in [0.2, 0.25) is 0 Å². The minimum absolute atomic E-state index is 0.364. The zero-order valence-electron chi connectivity index (χ0n) is 11.8. The Bertz CT molecular complexity index is 576. The van der Waals surface area contributed by atoms with Crippen LogP contribution in [-0.2, 0) is 17.8 Å². The molecule has 0 spiro atoms. The van der Waals surface area contributed by atoms with Crippen molar-refractivity contribution in [1.29, 1.82) is 0 Å². The van der Waals surface area contributed by atoms with E-state index in [1.54, 1.807) is 6.07 Å². The number of hydrogen-bond acceptors (Lipinski definition) is 4. The molecule has 6 heteroatoms. The van der Waals surface area contributed by atoms with Gasteiger partial charge in [-0.05, 0) is 31.0 Å². The second-order valence-corrected chi connectivity index (χ2v) is 5.26. The maximum atomic E-state index is 5.98. The van der Waals surface area contributed by atoms with E-state index in [9.17, 15) is 0 Å². The maximum Gasteiger partial charge on any atom is 0.158 e. The first-order valence-corrected chi connectivity index (χ1v) is 7.52. The SMILES string of the molecule is CCOCc1nc(Cl)cc(NCCc2ccc(Cl)cc2)n1. The highest BCUT2D eigenvalue weighted by atomic mass is 35.5. The molecule has 0 saturated heterocycles. The first-order chi connectivity index (χ1) is 10.2. The highest BCUT2D eigenvalue weighted by Gasteiger charge is 2.03. The van der Waals surface area contributed by atoms with Crippen LogP contribution in [0, 0.1) is 0 Å². The Kier molecular flexibility index (Phi) is 6.23. The molecular formula is C15H17Cl2N3O. The number of halogens is 2. The lowest BCUT2D eigenvalue weighted by Crippen LogP contribution is -2.09. The highest BCUT2D eigenvalue weighted by molar-refractivity contribution is 6.30. The van der Waals surface area contributed by atoms with E-state index in [1.165, 1.54) is 5.56 Å². The molecule has 4 nitrogen and oxygen atoms in total. The number of nitrogens with one attached hydrogen (secondary N) is 1. The number of benzene rings is 1. The van der Waals surface area contributed by atoms with Crippen molar-refractivity contribution in [3.63, 3.8) is 0 Å². The van der Waals surface area contributed by atoms with Crippen LogP contribution in [0.4, 0.5) is 5.82 Å². The Morgan fingerprint density at radius 2 is 1.90 bits per heavy atom. The molecule has 112 valence electrons. The summed E-state index contributed by atoms with van der Waals surface area (Å²) in [5, 5.41) is 4.40. The van der Waals surface area contributed by atoms with Gasteiger partial charge in [0.05, 0.1) is 0 Å². The van der Waals surface area contributed by atoms with Crippen LogP contribution < -0.4 is 5.32 Å². The molecule has 21 heavy (non-hydrogen) atoms. The van der Waals surface area contributed by atoms with E-state index >= 15 is 0 Å². The van der Waals surface area contributed by atoms with Gasteiger partial charge in [-0.25, -0.2) is 9.97 Å². The Morgan fingerprint density at radius 3 is 2.62 bits per heavy atom. The fourth-order valence-electron chi connectivity index (χ4n) is 1.80. The summed E-state index contributed by atoms with van der Waals surface area (Å²) in [6.45, 7) is 3.66. The quantitative estimate of drug-likeness (QED) is 0.782. The predicted octanol–water partition coefficient (Wildman–Crippen LogP) is 3.97. The summed E-state index contributed by atoms with van der Waals surface area (Å²) in [7, 11) is 0. The zero-order chi connectivity index (χ0) is 15.1. The average Bonchev–Trinajstić information content (AvgIpc) is 2.47. The lowest BCUT2D eigenvalue weighted by molar-refractivity contribution is 0.128. The van der Waals surface area contributed by atoms with Gasteiger partial charge in [-0.3, -0.25) is 0 Å². The maximum absolute atomic E-state index is 5.98. The summed E-state index contributed by atoms with van der Waals surface area (Å²) in [5.74, 6) is 1.29. The van der Waals surface area contributed by atoms with E-state index in [-0.39, 0.29) is 0 Å². The Morgan fingerprint density at radius 1 is 1.14 bits per heavy atom. The molecular weight excluding hydrogens is 309 g/mol. The Labute approximate surface area is 134 Å². The molecule has 0 unspecified atom stereocenters. The summed E-state index contributed by atoms with van der Waals surface area (Å²) in [6, 6.07) is 9.51. The van der Waals surface area contributed by atoms with E-state index in [2.05, 4.69) is 15.3 Å². The largest absolute Gasteiger partial charge is 0.374 e. The molecule has 1 N–H and O–H groups in total. The van der Waals surface area contributed by atoms with Gasteiger partial charge < -0.3 is 10.1 Å². The normalized spacial score (nSPS) is 10.6. The van der Waals surface area contributed by atoms with Crippen LogP contribution in [0.1, 0.15) is 18.3 Å². The zero-order valence-corrected chi connectivity index (χ0v) is 13.3. The van der Waals surface area contributed by atoms with E-state index in [0.29, 0.717) is 30.0 Å². The third-order valence-electron chi connectivity index (χ3n) is 2.81. The number of nitrogens with zero attached hydrogens (tertiary/aromatic N) is 2. The van der Waals surface area contributed by atoms with Gasteiger partial charge in [0, 0.05) is 24.2 Å². The minimum atomic E-state index is 0.364. The molecule has 2 rings (SSSR count). The van der Waals surface area contributed by atoms with Crippen LogP contribution in [0.15, 0.2) is 30.3 Å². The van der Waals surface area contributed by atoms with Crippen molar-refractivity contribution in [1.82, 2.24) is 9.97 Å². The van der Waals surface area contributed by atoms with Crippen molar-refractivity contribution >= 4 is 29.0 Å². The summed E-state index contributed by atoms with van der Waals surface area (Å²) < 4.78 is 5.29. The lowest BCUT2D eigenvalue weighted by Gasteiger charge is -2.08. The van der Waals surface area contributed by atoms with Gasteiger partial charge in [-0.1, -0.05) is 35.3 Å². The number of hydrogen-bond donors (Lipinski definition) is 1. The lowest BCUT2D eigenvalue weighted by atomic mass is 10.1.